The number of rotatable bonds is 3. The third kappa shape index (κ3) is 2.14. The summed E-state index contributed by atoms with van der Waals surface area (Å²) in [7, 11) is 2.16. The molecular formula is C17H23NO2. The van der Waals surface area contributed by atoms with Crippen LogP contribution < -0.4 is 0 Å². The zero-order valence-corrected chi connectivity index (χ0v) is 12.3. The summed E-state index contributed by atoms with van der Waals surface area (Å²) in [5.41, 5.74) is 0.715. The van der Waals surface area contributed by atoms with E-state index in [-0.39, 0.29) is 5.97 Å². The van der Waals surface area contributed by atoms with Crippen molar-refractivity contribution >= 4 is 5.97 Å². The number of hydrogen-bond acceptors (Lipinski definition) is 3. The van der Waals surface area contributed by atoms with Crippen molar-refractivity contribution in [2.75, 3.05) is 13.6 Å². The van der Waals surface area contributed by atoms with Gasteiger partial charge in [-0.15, -0.1) is 0 Å². The maximum atomic E-state index is 12.0. The summed E-state index contributed by atoms with van der Waals surface area (Å²) in [5, 5.41) is 0. The predicted octanol–water partition coefficient (Wildman–Crippen LogP) is 2.95. The lowest BCUT2D eigenvalue weighted by Crippen LogP contribution is -2.61. The van der Waals surface area contributed by atoms with E-state index in [0.29, 0.717) is 18.4 Å². The van der Waals surface area contributed by atoms with Gasteiger partial charge in [0.1, 0.15) is 0 Å². The highest BCUT2D eigenvalue weighted by atomic mass is 16.6. The molecule has 2 aliphatic heterocycles. The van der Waals surface area contributed by atoms with Crippen molar-refractivity contribution in [3.05, 3.63) is 35.9 Å². The molecule has 20 heavy (non-hydrogen) atoms. The number of likely N-dealkylation sites (N-methyl/N-ethyl adjacent to an activating group) is 1. The Labute approximate surface area is 120 Å². The van der Waals surface area contributed by atoms with E-state index in [9.17, 15) is 4.79 Å². The SMILES string of the molecule is CCC(=O)O[C@]1(c2ccccc2)C[C@H]2CC[C@H]1N(C)C2. The van der Waals surface area contributed by atoms with Gasteiger partial charge in [0.15, 0.2) is 5.60 Å². The molecular weight excluding hydrogens is 250 g/mol. The highest BCUT2D eigenvalue weighted by Gasteiger charge is 2.53. The number of ether oxygens (including phenoxy) is 1. The van der Waals surface area contributed by atoms with Crippen LogP contribution in [-0.2, 0) is 15.1 Å². The molecule has 3 nitrogen and oxygen atoms in total. The van der Waals surface area contributed by atoms with Crippen LogP contribution in [0.5, 0.6) is 0 Å². The van der Waals surface area contributed by atoms with Gasteiger partial charge in [-0.25, -0.2) is 0 Å². The molecule has 0 amide bonds. The van der Waals surface area contributed by atoms with E-state index in [2.05, 4.69) is 24.1 Å². The first kappa shape index (κ1) is 13.6. The topological polar surface area (TPSA) is 29.5 Å². The molecule has 2 bridgehead atoms. The Kier molecular flexibility index (Phi) is 3.55. The molecule has 1 aromatic rings. The minimum absolute atomic E-state index is 0.0881. The molecule has 0 aromatic heterocycles. The summed E-state index contributed by atoms with van der Waals surface area (Å²) < 4.78 is 6.04. The van der Waals surface area contributed by atoms with E-state index in [0.717, 1.165) is 24.9 Å². The Hall–Kier alpha value is -1.35. The van der Waals surface area contributed by atoms with Crippen LogP contribution in [0.3, 0.4) is 0 Å². The van der Waals surface area contributed by atoms with E-state index in [1.54, 1.807) is 0 Å². The Morgan fingerprint density at radius 1 is 1.35 bits per heavy atom. The quantitative estimate of drug-likeness (QED) is 0.793. The van der Waals surface area contributed by atoms with Crippen molar-refractivity contribution in [1.29, 1.82) is 0 Å². The molecule has 3 atom stereocenters. The average molecular weight is 273 g/mol. The number of carbonyl (C=O) groups is 1. The minimum atomic E-state index is -0.440. The van der Waals surface area contributed by atoms with Crippen molar-refractivity contribution < 1.29 is 9.53 Å². The molecule has 0 unspecified atom stereocenters. The molecule has 4 rings (SSSR count). The van der Waals surface area contributed by atoms with Gasteiger partial charge in [0.25, 0.3) is 0 Å². The Bertz CT molecular complexity index is 487. The molecule has 1 saturated carbocycles. The van der Waals surface area contributed by atoms with E-state index < -0.39 is 5.60 Å². The summed E-state index contributed by atoms with van der Waals surface area (Å²) in [6.07, 6.45) is 3.79. The number of esters is 1. The molecule has 2 saturated heterocycles. The van der Waals surface area contributed by atoms with Crippen LogP contribution in [0.4, 0.5) is 0 Å². The average Bonchev–Trinajstić information content (AvgIpc) is 2.48. The van der Waals surface area contributed by atoms with Crippen molar-refractivity contribution in [3.8, 4) is 0 Å². The van der Waals surface area contributed by atoms with E-state index in [1.807, 2.05) is 25.1 Å². The molecule has 2 heterocycles. The van der Waals surface area contributed by atoms with Crippen LogP contribution in [0.15, 0.2) is 30.3 Å². The van der Waals surface area contributed by atoms with Gasteiger partial charge in [0.2, 0.25) is 0 Å². The van der Waals surface area contributed by atoms with Crippen molar-refractivity contribution in [3.63, 3.8) is 0 Å². The van der Waals surface area contributed by atoms with Crippen molar-refractivity contribution in [2.45, 2.75) is 44.2 Å². The first-order valence-electron chi connectivity index (χ1n) is 7.63. The number of nitrogens with zero attached hydrogens (tertiary/aromatic N) is 1. The molecule has 0 radical (unpaired) electrons. The molecule has 3 aliphatic rings. The standard InChI is InChI=1S/C17H23NO2/c1-3-16(19)20-17(14-7-5-4-6-8-14)11-13-9-10-15(17)18(2)12-13/h4-8,13,15H,3,9-12H2,1-2H3/t13-,15-,17+/m1/s1. The van der Waals surface area contributed by atoms with Gasteiger partial charge < -0.3 is 4.74 Å². The lowest BCUT2D eigenvalue weighted by atomic mass is 9.67. The smallest absolute Gasteiger partial charge is 0.306 e. The first-order chi connectivity index (χ1) is 9.65. The molecule has 0 spiro atoms. The largest absolute Gasteiger partial charge is 0.452 e. The molecule has 1 aromatic carbocycles. The van der Waals surface area contributed by atoms with Gasteiger partial charge in [-0.3, -0.25) is 9.69 Å². The normalized spacial score (nSPS) is 33.1. The lowest BCUT2D eigenvalue weighted by molar-refractivity contribution is -0.189. The molecule has 108 valence electrons. The van der Waals surface area contributed by atoms with E-state index >= 15 is 0 Å². The molecule has 0 N–H and O–H groups in total. The summed E-state index contributed by atoms with van der Waals surface area (Å²) in [5.74, 6) is 0.546. The molecule has 3 fully saturated rings. The van der Waals surface area contributed by atoms with Crippen LogP contribution in [0.25, 0.3) is 0 Å². The summed E-state index contributed by atoms with van der Waals surface area (Å²) in [6.45, 7) is 2.99. The number of piperidine rings is 2. The van der Waals surface area contributed by atoms with Gasteiger partial charge in [-0.1, -0.05) is 37.3 Å². The monoisotopic (exact) mass is 273 g/mol. The zero-order chi connectivity index (χ0) is 14.2. The summed E-state index contributed by atoms with van der Waals surface area (Å²) in [4.78, 5) is 14.4. The van der Waals surface area contributed by atoms with Crippen LogP contribution in [-0.4, -0.2) is 30.5 Å². The second-order valence-electron chi connectivity index (χ2n) is 6.19. The second-order valence-corrected chi connectivity index (χ2v) is 6.19. The number of hydrogen-bond donors (Lipinski definition) is 0. The Balaban J connectivity index is 2.02. The Morgan fingerprint density at radius 2 is 2.10 bits per heavy atom. The van der Waals surface area contributed by atoms with Crippen LogP contribution in [0.1, 0.15) is 38.2 Å². The second kappa shape index (κ2) is 5.21. The fraction of sp³-hybridized carbons (Fsp3) is 0.588. The maximum Gasteiger partial charge on any atom is 0.306 e. The Morgan fingerprint density at radius 3 is 2.70 bits per heavy atom. The third-order valence-corrected chi connectivity index (χ3v) is 4.90. The first-order valence-corrected chi connectivity index (χ1v) is 7.63. The molecule has 1 aliphatic carbocycles. The van der Waals surface area contributed by atoms with Gasteiger partial charge in [-0.05, 0) is 37.8 Å². The predicted molar refractivity (Wildman–Crippen MR) is 78.3 cm³/mol. The van der Waals surface area contributed by atoms with Crippen molar-refractivity contribution in [1.82, 2.24) is 4.90 Å². The zero-order valence-electron chi connectivity index (χ0n) is 12.3. The fourth-order valence-electron chi connectivity index (χ4n) is 4.03. The number of fused-ring (bicyclic) bond motifs is 3. The molecule has 3 heteroatoms. The van der Waals surface area contributed by atoms with Gasteiger partial charge in [0, 0.05) is 13.0 Å². The van der Waals surface area contributed by atoms with E-state index in [4.69, 9.17) is 4.74 Å². The number of benzene rings is 1. The van der Waals surface area contributed by atoms with E-state index in [1.165, 1.54) is 6.42 Å². The van der Waals surface area contributed by atoms with Crippen molar-refractivity contribution in [2.24, 2.45) is 5.92 Å². The van der Waals surface area contributed by atoms with Crippen LogP contribution >= 0.6 is 0 Å². The van der Waals surface area contributed by atoms with Gasteiger partial charge in [-0.2, -0.15) is 0 Å². The van der Waals surface area contributed by atoms with Crippen LogP contribution in [0.2, 0.25) is 0 Å². The highest BCUT2D eigenvalue weighted by Crippen LogP contribution is 2.49. The minimum Gasteiger partial charge on any atom is -0.452 e. The van der Waals surface area contributed by atoms with Crippen LogP contribution in [0, 0.1) is 5.92 Å². The lowest BCUT2D eigenvalue weighted by Gasteiger charge is -2.55. The fourth-order valence-corrected chi connectivity index (χ4v) is 4.03. The van der Waals surface area contributed by atoms with Gasteiger partial charge >= 0.3 is 5.97 Å². The highest BCUT2D eigenvalue weighted by molar-refractivity contribution is 5.70. The third-order valence-electron chi connectivity index (χ3n) is 4.90. The maximum absolute atomic E-state index is 12.0. The summed E-state index contributed by atoms with van der Waals surface area (Å²) in [6, 6.07) is 10.6. The van der Waals surface area contributed by atoms with Gasteiger partial charge in [0.05, 0.1) is 6.04 Å². The summed E-state index contributed by atoms with van der Waals surface area (Å²) >= 11 is 0. The number of carbonyl (C=O) groups excluding carboxylic acids is 1.